The Bertz CT molecular complexity index is 3400. The number of rotatable bonds is 13. The molecule has 5 N–H and O–H groups in total. The number of aliphatic hydroxyl groups excluding tert-OH is 3. The molecule has 21 heteroatoms. The summed E-state index contributed by atoms with van der Waals surface area (Å²) in [6, 6.07) is 19.9. The van der Waals surface area contributed by atoms with Crippen LogP contribution in [-0.2, 0) is 61.4 Å². The predicted octanol–water partition coefficient (Wildman–Crippen LogP) is 9.15. The van der Waals surface area contributed by atoms with E-state index in [1.165, 1.54) is 0 Å². The van der Waals surface area contributed by atoms with Crippen LogP contribution in [0.2, 0.25) is 18.1 Å². The maximum atomic E-state index is 14.4. The minimum Gasteiger partial charge on any atom is -0.455 e. The van der Waals surface area contributed by atoms with Gasteiger partial charge in [0.25, 0.3) is 0 Å². The zero-order valence-electron chi connectivity index (χ0n) is 58.1. The lowest BCUT2D eigenvalue weighted by Gasteiger charge is -2.69. The summed E-state index contributed by atoms with van der Waals surface area (Å²) in [6.07, 6.45) is -7.20. The molecule has 4 aliphatic heterocycles. The smallest absolute Gasteiger partial charge is 0.338 e. The number of benzene rings is 2. The number of carbonyl (C=O) groups is 4. The van der Waals surface area contributed by atoms with Crippen molar-refractivity contribution in [3.8, 4) is 0 Å². The van der Waals surface area contributed by atoms with Gasteiger partial charge in [-0.3, -0.25) is 9.59 Å². The summed E-state index contributed by atoms with van der Waals surface area (Å²) in [5, 5.41) is 62.2. The van der Waals surface area contributed by atoms with Crippen molar-refractivity contribution < 1.29 is 96.5 Å². The van der Waals surface area contributed by atoms with Gasteiger partial charge in [-0.25, -0.2) is 9.59 Å². The van der Waals surface area contributed by atoms with Crippen LogP contribution in [-0.4, -0.2) is 178 Å². The first-order chi connectivity index (χ1) is 44.5. The monoisotopic (exact) mass is 1340 g/mol. The molecule has 10 fully saturated rings. The number of ether oxygens (including phenoxy) is 10. The minimum atomic E-state index is -2.32. The van der Waals surface area contributed by atoms with E-state index in [2.05, 4.69) is 27.7 Å². The Kier molecular flexibility index (Phi) is 16.9. The molecule has 0 spiro atoms. The summed E-state index contributed by atoms with van der Waals surface area (Å²) < 4.78 is 73.5. The summed E-state index contributed by atoms with van der Waals surface area (Å²) in [5.74, 6) is -6.37. The molecule has 0 unspecified atom stereocenters. The Balaban J connectivity index is 0.000000174. The van der Waals surface area contributed by atoms with E-state index in [-0.39, 0.29) is 61.8 Å². The lowest BCUT2D eigenvalue weighted by Crippen LogP contribution is -2.82. The molecule has 20 nitrogen and oxygen atoms in total. The topological polar surface area (TPSA) is 271 Å². The third kappa shape index (κ3) is 10.3. The van der Waals surface area contributed by atoms with E-state index in [9.17, 15) is 44.7 Å². The Morgan fingerprint density at radius 1 is 0.537 bits per heavy atom. The summed E-state index contributed by atoms with van der Waals surface area (Å²) in [6.45, 7) is 29.3. The summed E-state index contributed by atoms with van der Waals surface area (Å²) >= 11 is 0. The van der Waals surface area contributed by atoms with Gasteiger partial charge in [0.2, 0.25) is 0 Å². The van der Waals surface area contributed by atoms with Crippen molar-refractivity contribution in [2.45, 2.75) is 281 Å². The lowest BCUT2D eigenvalue weighted by molar-refractivity contribution is -0.363. The second-order valence-electron chi connectivity index (χ2n) is 32.5. The number of fused-ring (bicyclic) bond motifs is 16. The van der Waals surface area contributed by atoms with Gasteiger partial charge in [-0.05, 0) is 132 Å². The van der Waals surface area contributed by atoms with Crippen LogP contribution in [0.4, 0.5) is 0 Å². The van der Waals surface area contributed by atoms with Crippen LogP contribution < -0.4 is 0 Å². The fraction of sp³-hybridized carbons (Fsp3) is 0.730. The molecule has 95 heavy (non-hydrogen) atoms. The molecule has 0 amide bonds. The van der Waals surface area contributed by atoms with Crippen LogP contribution in [0.5, 0.6) is 0 Å². The highest BCUT2D eigenvalue weighted by Gasteiger charge is 2.82. The number of hydrogen-bond donors (Lipinski definition) is 5. The van der Waals surface area contributed by atoms with E-state index in [1.54, 1.807) is 68.4 Å². The van der Waals surface area contributed by atoms with Gasteiger partial charge in [0.15, 0.2) is 31.1 Å². The molecule has 4 saturated heterocycles. The lowest BCUT2D eigenvalue weighted by atomic mass is 9.44. The standard InChI is InChI=1S/C40H58O10Si.C34H44O10/c1-10-51(11-2,12-3)50-27-20-28-39(22-45-28,49-35(43)25-18-19-25)31-33(46-34(42)24-16-14-13-15-17-24)40(44)21-26(41)23(4)29(36(40,5)6)30-32(38(27,31)9)48-37(7,8)47-30;1-17-20(35)15-34(39)27(41-28(37)18-10-8-7-9-11-18)25-32(6,26-24(23(17)30(34,2)3)42-31(4,5)43-26)21(36)14-22-33(25,16-40-22)44-29(38)19-12-13-19/h13-17,25-28,30-33,41,44H,10-12,18-22H2,1-9H3;7-11,19-22,24-27,35-36,39H,12-16H2,1-6H3/t26-,27-,28+,30+,31-,32+,33-,38+,39-,40+;20-,21-,22+,24+,25-,26+,27-,32+,33-,34+/m00/s1. The average Bonchev–Trinajstić information content (AvgIpc) is 1.57. The van der Waals surface area contributed by atoms with Gasteiger partial charge in [0.1, 0.15) is 47.8 Å². The van der Waals surface area contributed by atoms with Crippen molar-refractivity contribution in [2.24, 2.45) is 45.3 Å². The van der Waals surface area contributed by atoms with E-state index < -0.39 is 161 Å². The first kappa shape index (κ1) is 69.0. The van der Waals surface area contributed by atoms with Crippen molar-refractivity contribution in [3.63, 3.8) is 0 Å². The van der Waals surface area contributed by atoms with E-state index in [1.807, 2.05) is 68.4 Å². The molecule has 0 radical (unpaired) electrons. The molecule has 2 aromatic carbocycles. The Labute approximate surface area is 559 Å². The second kappa shape index (κ2) is 23.3. The van der Waals surface area contributed by atoms with Gasteiger partial charge in [-0.1, -0.05) is 98.7 Å². The quantitative estimate of drug-likeness (QED) is 0.0541. The van der Waals surface area contributed by atoms with Crippen LogP contribution in [0.25, 0.3) is 0 Å². The van der Waals surface area contributed by atoms with Gasteiger partial charge in [-0.2, -0.15) is 0 Å². The molecule has 4 heterocycles. The first-order valence-corrected chi connectivity index (χ1v) is 37.5. The maximum absolute atomic E-state index is 14.4. The Morgan fingerprint density at radius 2 is 0.916 bits per heavy atom. The molecule has 6 saturated carbocycles. The Hall–Kier alpha value is -4.46. The molecular weight excluding hydrogens is 1240 g/mol. The third-order valence-electron chi connectivity index (χ3n) is 25.9. The van der Waals surface area contributed by atoms with Crippen molar-refractivity contribution in [1.29, 1.82) is 0 Å². The van der Waals surface area contributed by atoms with Gasteiger partial charge >= 0.3 is 23.9 Å². The maximum Gasteiger partial charge on any atom is 0.338 e. The van der Waals surface area contributed by atoms with Crippen LogP contribution in [0, 0.1) is 45.3 Å². The van der Waals surface area contributed by atoms with Crippen molar-refractivity contribution in [1.82, 2.24) is 0 Å². The molecule has 8 aliphatic carbocycles. The fourth-order valence-electron chi connectivity index (χ4n) is 19.6. The average molecular weight is 1340 g/mol. The Morgan fingerprint density at radius 3 is 1.28 bits per heavy atom. The molecule has 12 aliphatic rings. The summed E-state index contributed by atoms with van der Waals surface area (Å²) in [4.78, 5) is 55.6. The van der Waals surface area contributed by atoms with Crippen molar-refractivity contribution >= 4 is 32.2 Å². The highest BCUT2D eigenvalue weighted by molar-refractivity contribution is 6.73. The first-order valence-electron chi connectivity index (χ1n) is 35.0. The molecule has 4 bridgehead atoms. The third-order valence-corrected chi connectivity index (χ3v) is 30.6. The van der Waals surface area contributed by atoms with Crippen LogP contribution in [0.15, 0.2) is 83.0 Å². The SMILES string of the molecule is CC1=C2[C@H]3OC(C)(C)O[C@H]3[C@@]3(C)[C@H]([C@H](OC(=O)c4ccccc4)[C@](O)(C[C@@H]1O)C2(C)C)[C@]1(OC(=O)C2CC2)CO[C@@H]1C[C@@H]3O.CC[Si](CC)(CC)O[C@H]1C[C@H]2OC[C@@]2(OC(=O)C2CC2)[C@H]2[C@H](OC(=O)c3ccccc3)[C@]3(O)C[C@H](O)C(C)=C([C@H]4OC(C)(C)O[C@H]4[C@]12C)C3(C)C. The van der Waals surface area contributed by atoms with E-state index >= 15 is 0 Å². The molecule has 2 aromatic rings. The normalized spacial score (nSPS) is 42.8. The number of hydrogen-bond acceptors (Lipinski definition) is 20. The number of esters is 4. The number of carbonyl (C=O) groups excluding carboxylic acids is 4. The second-order valence-corrected chi connectivity index (χ2v) is 37.2. The van der Waals surface area contributed by atoms with Gasteiger partial charge in [-0.15, -0.1) is 0 Å². The van der Waals surface area contributed by atoms with Gasteiger partial charge in [0.05, 0.1) is 84.6 Å². The molecule has 20 atom stereocenters. The van der Waals surface area contributed by atoms with Crippen molar-refractivity contribution in [2.75, 3.05) is 13.2 Å². The fourth-order valence-corrected chi connectivity index (χ4v) is 22.6. The van der Waals surface area contributed by atoms with Crippen molar-refractivity contribution in [3.05, 3.63) is 94.1 Å². The summed E-state index contributed by atoms with van der Waals surface area (Å²) in [7, 11) is -2.32. The minimum absolute atomic E-state index is 0.00487. The molecular formula is C74H102O20Si. The zero-order chi connectivity index (χ0) is 68.6. The van der Waals surface area contributed by atoms with Crippen LogP contribution in [0.1, 0.15) is 176 Å². The molecule has 0 aromatic heterocycles. The largest absolute Gasteiger partial charge is 0.455 e. The van der Waals surface area contributed by atoms with Gasteiger partial charge < -0.3 is 77.3 Å². The zero-order valence-corrected chi connectivity index (χ0v) is 59.1. The predicted molar refractivity (Wildman–Crippen MR) is 346 cm³/mol. The van der Waals surface area contributed by atoms with Gasteiger partial charge in [0, 0.05) is 47.3 Å². The van der Waals surface area contributed by atoms with Crippen LogP contribution >= 0.6 is 0 Å². The highest BCUT2D eigenvalue weighted by Crippen LogP contribution is 2.70. The van der Waals surface area contributed by atoms with Crippen LogP contribution in [0.3, 0.4) is 0 Å². The van der Waals surface area contributed by atoms with E-state index in [4.69, 9.17) is 51.8 Å². The summed E-state index contributed by atoms with van der Waals surface area (Å²) in [5.41, 5.74) is -7.47. The highest BCUT2D eigenvalue weighted by atomic mass is 28.4. The molecule has 14 rings (SSSR count). The van der Waals surface area contributed by atoms with E-state index in [0.717, 1.165) is 49.4 Å². The van der Waals surface area contributed by atoms with E-state index in [0.29, 0.717) is 28.7 Å². The number of aliphatic hydroxyl groups is 5. The molecule has 522 valence electrons.